The molecule has 1 aromatic carbocycles. The summed E-state index contributed by atoms with van der Waals surface area (Å²) < 4.78 is 21.6. The molecule has 2 aliphatic carbocycles. The van der Waals surface area contributed by atoms with E-state index in [9.17, 15) is 4.79 Å². The minimum atomic E-state index is -0.434. The van der Waals surface area contributed by atoms with Crippen molar-refractivity contribution >= 4 is 22.9 Å². The second-order valence-electron chi connectivity index (χ2n) is 10.6. The molecule has 2 saturated carbocycles. The number of amides is 1. The number of pyridine rings is 1. The van der Waals surface area contributed by atoms with Gasteiger partial charge in [0.15, 0.2) is 5.75 Å². The highest BCUT2D eigenvalue weighted by molar-refractivity contribution is 5.88. The van der Waals surface area contributed by atoms with Crippen molar-refractivity contribution in [3.63, 3.8) is 0 Å². The third-order valence-electron chi connectivity index (χ3n) is 8.07. The van der Waals surface area contributed by atoms with Crippen molar-refractivity contribution < 1.29 is 23.5 Å². The first-order valence-corrected chi connectivity index (χ1v) is 13.2. The minimum absolute atomic E-state index is 0.0815. The molecule has 0 unspecified atom stereocenters. The maximum absolute atomic E-state index is 12.5. The number of carbonyl (C=O) groups is 1. The second kappa shape index (κ2) is 9.11. The topological polar surface area (TPSA) is 134 Å². The number of carbonyl (C=O) groups excluding carboxylic acids is 1. The fourth-order valence-electron chi connectivity index (χ4n) is 6.17. The molecule has 3 aliphatic rings. The van der Waals surface area contributed by atoms with Gasteiger partial charge in [-0.25, -0.2) is 19.7 Å². The molecule has 2 fully saturated rings. The van der Waals surface area contributed by atoms with E-state index in [1.165, 1.54) is 6.26 Å². The Morgan fingerprint density at radius 1 is 1.05 bits per heavy atom. The van der Waals surface area contributed by atoms with Crippen molar-refractivity contribution in [3.8, 4) is 22.8 Å². The summed E-state index contributed by atoms with van der Waals surface area (Å²) in [6.45, 7) is 3.08. The zero-order valence-corrected chi connectivity index (χ0v) is 21.5. The van der Waals surface area contributed by atoms with E-state index in [0.29, 0.717) is 36.5 Å². The highest BCUT2D eigenvalue weighted by Gasteiger charge is 2.55. The lowest BCUT2D eigenvalue weighted by Gasteiger charge is -2.29. The second-order valence-corrected chi connectivity index (χ2v) is 10.6. The van der Waals surface area contributed by atoms with Crippen LogP contribution in [0.4, 0.5) is 10.7 Å². The van der Waals surface area contributed by atoms with Crippen molar-refractivity contribution in [1.29, 1.82) is 0 Å². The van der Waals surface area contributed by atoms with Crippen LogP contribution >= 0.6 is 0 Å². The van der Waals surface area contributed by atoms with Crippen LogP contribution < -0.4 is 20.1 Å². The maximum atomic E-state index is 12.5. The largest absolute Gasteiger partial charge is 0.484 e. The van der Waals surface area contributed by atoms with Gasteiger partial charge in [0.05, 0.1) is 11.2 Å². The highest BCUT2D eigenvalue weighted by atomic mass is 16.6. The summed E-state index contributed by atoms with van der Waals surface area (Å²) in [6, 6.07) is 9.75. The van der Waals surface area contributed by atoms with Crippen LogP contribution in [0.1, 0.15) is 43.5 Å². The number of benzene rings is 1. The number of fused-ring (bicyclic) bond motifs is 4. The number of alkyl carbamates (subject to hydrolysis) is 1. The molecule has 0 spiro atoms. The maximum Gasteiger partial charge on any atom is 0.407 e. The molecule has 11 nitrogen and oxygen atoms in total. The fourth-order valence-corrected chi connectivity index (χ4v) is 6.17. The number of rotatable bonds is 6. The van der Waals surface area contributed by atoms with E-state index in [-0.39, 0.29) is 17.7 Å². The van der Waals surface area contributed by atoms with Crippen LogP contribution in [0.2, 0.25) is 0 Å². The summed E-state index contributed by atoms with van der Waals surface area (Å²) in [5, 5.41) is 11.5. The number of aryl methyl sites for hydroxylation is 1. The molecule has 200 valence electrons. The Morgan fingerprint density at radius 2 is 1.90 bits per heavy atom. The Labute approximate surface area is 224 Å². The number of aromatic nitrogens is 4. The Hall–Kier alpha value is -4.41. The molecule has 1 aliphatic heterocycles. The van der Waals surface area contributed by atoms with Gasteiger partial charge in [-0.05, 0) is 62.8 Å². The first kappa shape index (κ1) is 23.7. The van der Waals surface area contributed by atoms with Gasteiger partial charge >= 0.3 is 6.09 Å². The molecule has 2 N–H and O–H groups in total. The van der Waals surface area contributed by atoms with Crippen LogP contribution in [0.25, 0.3) is 22.0 Å². The number of nitrogens with zero attached hydrogens (tertiary/aromatic N) is 4. The molecular weight excluding hydrogens is 500 g/mol. The summed E-state index contributed by atoms with van der Waals surface area (Å²) in [5.74, 6) is 1.80. The monoisotopic (exact) mass is 528 g/mol. The van der Waals surface area contributed by atoms with E-state index in [4.69, 9.17) is 28.7 Å². The first-order valence-electron chi connectivity index (χ1n) is 13.2. The minimum Gasteiger partial charge on any atom is -0.484 e. The number of anilines is 1. The van der Waals surface area contributed by atoms with Crippen molar-refractivity contribution in [2.75, 3.05) is 18.5 Å². The van der Waals surface area contributed by atoms with Crippen LogP contribution in [-0.2, 0) is 11.3 Å². The zero-order chi connectivity index (χ0) is 26.5. The molecule has 0 atom stereocenters. The normalized spacial score (nSPS) is 23.1. The number of ether oxygens (including phenoxy) is 3. The lowest BCUT2D eigenvalue weighted by Crippen LogP contribution is -2.45. The van der Waals surface area contributed by atoms with Crippen LogP contribution in [0.3, 0.4) is 0 Å². The summed E-state index contributed by atoms with van der Waals surface area (Å²) in [5.41, 5.74) is 3.81. The van der Waals surface area contributed by atoms with Crippen LogP contribution in [-0.4, -0.2) is 50.5 Å². The Kier molecular flexibility index (Phi) is 5.53. The third kappa shape index (κ3) is 4.37. The van der Waals surface area contributed by atoms with Gasteiger partial charge in [0.25, 0.3) is 5.88 Å². The van der Waals surface area contributed by atoms with E-state index < -0.39 is 6.09 Å². The lowest BCUT2D eigenvalue weighted by atomic mass is 9.91. The van der Waals surface area contributed by atoms with Crippen molar-refractivity contribution in [2.45, 2.75) is 56.7 Å². The molecule has 4 heterocycles. The van der Waals surface area contributed by atoms with Crippen LogP contribution in [0.15, 0.2) is 47.3 Å². The molecule has 7 rings (SSSR count). The van der Waals surface area contributed by atoms with Gasteiger partial charge < -0.3 is 29.4 Å². The molecule has 3 aromatic heterocycles. The Morgan fingerprint density at radius 3 is 2.74 bits per heavy atom. The fraction of sp³-hybridized carbons (Fsp3) is 0.393. The molecule has 1 amide bonds. The van der Waals surface area contributed by atoms with Crippen molar-refractivity contribution in [2.24, 2.45) is 0 Å². The predicted octanol–water partition coefficient (Wildman–Crippen LogP) is 4.55. The van der Waals surface area contributed by atoms with Gasteiger partial charge in [-0.1, -0.05) is 11.2 Å². The third-order valence-corrected chi connectivity index (χ3v) is 8.07. The van der Waals surface area contributed by atoms with Crippen molar-refractivity contribution in [1.82, 2.24) is 25.4 Å². The summed E-state index contributed by atoms with van der Waals surface area (Å²) in [4.78, 5) is 26.5. The molecule has 0 saturated heterocycles. The number of hydrogen-bond acceptors (Lipinski definition) is 10. The summed E-state index contributed by atoms with van der Waals surface area (Å²) in [6.07, 6.45) is 7.14. The van der Waals surface area contributed by atoms with E-state index in [1.807, 2.05) is 25.1 Å². The average molecular weight is 529 g/mol. The zero-order valence-electron chi connectivity index (χ0n) is 21.5. The number of nitrogens with one attached hydrogen (secondary N) is 2. The summed E-state index contributed by atoms with van der Waals surface area (Å²) >= 11 is 0. The highest BCUT2D eigenvalue weighted by Crippen LogP contribution is 2.52. The van der Waals surface area contributed by atoms with E-state index in [1.54, 1.807) is 12.3 Å². The van der Waals surface area contributed by atoms with E-state index in [0.717, 1.165) is 59.8 Å². The summed E-state index contributed by atoms with van der Waals surface area (Å²) in [7, 11) is 0. The van der Waals surface area contributed by atoms with Crippen LogP contribution in [0.5, 0.6) is 11.6 Å². The van der Waals surface area contributed by atoms with Crippen molar-refractivity contribution in [3.05, 3.63) is 54.2 Å². The molecule has 0 radical (unpaired) electrons. The Bertz CT molecular complexity index is 1550. The molecular formula is C28H28N6O5. The van der Waals surface area contributed by atoms with Gasteiger partial charge in [-0.15, -0.1) is 0 Å². The van der Waals surface area contributed by atoms with Gasteiger partial charge in [0.2, 0.25) is 5.95 Å². The molecule has 11 heteroatoms. The first-order chi connectivity index (χ1) is 19.0. The standard InChI is InChI=1S/C28H28N6O5/c1-17-21-14-18(20-4-10-29-24-23(20)36-12-13-37-24)2-3-22(21)31-25(30-17)32-27-6-8-28(16-27,9-7-27)33-26(35)38-15-19-5-11-39-34-19/h2-5,10-11,14H,6-9,12-13,15-16H2,1H3,(H,33,35)(H,30,31,32). The Balaban J connectivity index is 1.07. The predicted molar refractivity (Wildman–Crippen MR) is 140 cm³/mol. The molecule has 39 heavy (non-hydrogen) atoms. The van der Waals surface area contributed by atoms with E-state index >= 15 is 0 Å². The van der Waals surface area contributed by atoms with Gasteiger partial charge in [0.1, 0.15) is 31.8 Å². The molecule has 4 aromatic rings. The van der Waals surface area contributed by atoms with Gasteiger partial charge in [-0.2, -0.15) is 0 Å². The molecule has 2 bridgehead atoms. The lowest BCUT2D eigenvalue weighted by molar-refractivity contribution is 0.124. The van der Waals surface area contributed by atoms with Gasteiger partial charge in [0, 0.05) is 34.3 Å². The van der Waals surface area contributed by atoms with Crippen LogP contribution in [0, 0.1) is 6.92 Å². The van der Waals surface area contributed by atoms with E-state index in [2.05, 4.69) is 26.8 Å². The van der Waals surface area contributed by atoms with Gasteiger partial charge in [-0.3, -0.25) is 0 Å². The SMILES string of the molecule is Cc1nc(NC23CCC(NC(=O)OCc4ccon4)(CC2)C3)nc2ccc(-c3ccnc4c3OCCO4)cc12. The quantitative estimate of drug-likeness (QED) is 0.367. The smallest absolute Gasteiger partial charge is 0.407 e. The number of hydrogen-bond donors (Lipinski definition) is 2. The average Bonchev–Trinajstić information content (AvgIpc) is 3.67.